The number of fused-ring (bicyclic) bond motifs is 1. The number of ketones is 1. The Hall–Kier alpha value is -2.29. The van der Waals surface area contributed by atoms with Crippen LogP contribution in [0.1, 0.15) is 94.1 Å². The fraction of sp³-hybridized carbons (Fsp3) is 0.519. The van der Waals surface area contributed by atoms with Crippen LogP contribution >= 0.6 is 0 Å². The predicted molar refractivity (Wildman–Crippen MR) is 126 cm³/mol. The largest absolute Gasteiger partial charge is 0.508 e. The first-order chi connectivity index (χ1) is 14.1. The van der Waals surface area contributed by atoms with E-state index in [-0.39, 0.29) is 11.5 Å². The molecule has 0 amide bonds. The molecule has 30 heavy (non-hydrogen) atoms. The van der Waals surface area contributed by atoms with Crippen LogP contribution in [-0.4, -0.2) is 16.5 Å². The lowest BCUT2D eigenvalue weighted by Gasteiger charge is -2.36. The van der Waals surface area contributed by atoms with E-state index in [4.69, 9.17) is 4.74 Å². The number of unbranched alkanes of at least 4 members (excludes halogenated alkanes) is 1. The van der Waals surface area contributed by atoms with Gasteiger partial charge in [-0.3, -0.25) is 4.79 Å². The zero-order valence-electron chi connectivity index (χ0n) is 19.6. The summed E-state index contributed by atoms with van der Waals surface area (Å²) in [5, 5.41) is 10.0. The number of Topliss-reactive ketones (excluding diaryl/α,β-unsaturated/α-hetero) is 1. The van der Waals surface area contributed by atoms with Gasteiger partial charge in [-0.05, 0) is 97.3 Å². The SMILES string of the molecule is CC(C)=CCC/C(C)=C/CC/C=C\CCC1(C)CC(=O)c2cc(O)c(C)c(C)c2O1. The van der Waals surface area contributed by atoms with Gasteiger partial charge in [-0.1, -0.05) is 35.5 Å². The highest BCUT2D eigenvalue weighted by Crippen LogP contribution is 2.41. The van der Waals surface area contributed by atoms with E-state index >= 15 is 0 Å². The second kappa shape index (κ2) is 10.7. The van der Waals surface area contributed by atoms with Gasteiger partial charge in [0.15, 0.2) is 5.78 Å². The number of phenolic OH excluding ortho intramolecular Hbond substituents is 1. The maximum Gasteiger partial charge on any atom is 0.170 e. The minimum Gasteiger partial charge on any atom is -0.508 e. The highest BCUT2D eigenvalue weighted by Gasteiger charge is 2.37. The third-order valence-corrected chi connectivity index (χ3v) is 5.92. The number of ether oxygens (including phenoxy) is 1. The van der Waals surface area contributed by atoms with Crippen molar-refractivity contribution < 1.29 is 14.6 Å². The molecule has 3 heteroatoms. The van der Waals surface area contributed by atoms with Crippen molar-refractivity contribution in [2.75, 3.05) is 0 Å². The highest BCUT2D eigenvalue weighted by molar-refractivity contribution is 6.01. The molecule has 164 valence electrons. The third-order valence-electron chi connectivity index (χ3n) is 5.92. The molecule has 0 aliphatic carbocycles. The molecule has 0 aromatic heterocycles. The van der Waals surface area contributed by atoms with Crippen molar-refractivity contribution in [3.05, 3.63) is 58.2 Å². The van der Waals surface area contributed by atoms with Gasteiger partial charge in [0.25, 0.3) is 0 Å². The van der Waals surface area contributed by atoms with Gasteiger partial charge in [0.1, 0.15) is 17.1 Å². The minimum absolute atomic E-state index is 0.0508. The number of hydrogen-bond donors (Lipinski definition) is 1. The van der Waals surface area contributed by atoms with Crippen LogP contribution in [0, 0.1) is 13.8 Å². The van der Waals surface area contributed by atoms with Crippen molar-refractivity contribution in [2.45, 2.75) is 92.1 Å². The zero-order chi connectivity index (χ0) is 22.3. The van der Waals surface area contributed by atoms with E-state index in [1.165, 1.54) is 11.1 Å². The first kappa shape index (κ1) is 24.0. The molecule has 1 heterocycles. The van der Waals surface area contributed by atoms with E-state index in [2.05, 4.69) is 45.1 Å². The molecule has 2 rings (SSSR count). The summed E-state index contributed by atoms with van der Waals surface area (Å²) in [6, 6.07) is 1.55. The van der Waals surface area contributed by atoms with Crippen LogP contribution in [0.4, 0.5) is 0 Å². The fourth-order valence-corrected chi connectivity index (χ4v) is 3.81. The second-order valence-electron chi connectivity index (χ2n) is 9.13. The Morgan fingerprint density at radius 1 is 1.07 bits per heavy atom. The van der Waals surface area contributed by atoms with Crippen molar-refractivity contribution in [1.29, 1.82) is 0 Å². The number of allylic oxidation sites excluding steroid dienone is 6. The van der Waals surface area contributed by atoms with E-state index < -0.39 is 5.60 Å². The number of aromatic hydroxyl groups is 1. The van der Waals surface area contributed by atoms with Gasteiger partial charge in [0, 0.05) is 0 Å². The van der Waals surface area contributed by atoms with Crippen LogP contribution in [-0.2, 0) is 0 Å². The highest BCUT2D eigenvalue weighted by atomic mass is 16.5. The maximum atomic E-state index is 12.6. The van der Waals surface area contributed by atoms with Gasteiger partial charge < -0.3 is 9.84 Å². The summed E-state index contributed by atoms with van der Waals surface area (Å²) in [6.07, 6.45) is 15.5. The third kappa shape index (κ3) is 6.62. The van der Waals surface area contributed by atoms with Crippen LogP contribution in [0.5, 0.6) is 11.5 Å². The van der Waals surface area contributed by atoms with Crippen LogP contribution < -0.4 is 4.74 Å². The normalized spacial score (nSPS) is 19.0. The summed E-state index contributed by atoms with van der Waals surface area (Å²) in [6.45, 7) is 12.3. The lowest BCUT2D eigenvalue weighted by molar-refractivity contribution is 0.0468. The average Bonchev–Trinajstić information content (AvgIpc) is 2.66. The molecule has 1 N–H and O–H groups in total. The molecule has 0 saturated carbocycles. The van der Waals surface area contributed by atoms with Gasteiger partial charge in [-0.15, -0.1) is 0 Å². The first-order valence-corrected chi connectivity index (χ1v) is 11.1. The number of rotatable bonds is 9. The zero-order valence-corrected chi connectivity index (χ0v) is 19.6. The molecule has 0 saturated heterocycles. The van der Waals surface area contributed by atoms with E-state index in [1.54, 1.807) is 6.07 Å². The number of carbonyl (C=O) groups excluding carboxylic acids is 1. The fourth-order valence-electron chi connectivity index (χ4n) is 3.81. The second-order valence-corrected chi connectivity index (χ2v) is 9.13. The molecular weight excluding hydrogens is 372 g/mol. The molecule has 1 aliphatic rings. The topological polar surface area (TPSA) is 46.5 Å². The monoisotopic (exact) mass is 410 g/mol. The Balaban J connectivity index is 1.83. The molecule has 1 aromatic rings. The molecule has 0 fully saturated rings. The van der Waals surface area contributed by atoms with Gasteiger partial charge >= 0.3 is 0 Å². The quantitative estimate of drug-likeness (QED) is 0.338. The smallest absolute Gasteiger partial charge is 0.170 e. The number of phenols is 1. The summed E-state index contributed by atoms with van der Waals surface area (Å²) in [4.78, 5) is 12.6. The Labute approximate surface area is 182 Å². The van der Waals surface area contributed by atoms with Crippen molar-refractivity contribution in [1.82, 2.24) is 0 Å². The summed E-state index contributed by atoms with van der Waals surface area (Å²) >= 11 is 0. The standard InChI is InChI=1S/C27H38O3/c1-19(2)13-12-15-20(3)14-10-8-7-9-11-16-27(6)18-25(29)23-17-24(28)21(4)22(5)26(23)30-27/h7,9,13-14,17,28H,8,10-12,15-16,18H2,1-6H3/b9-7-,20-14+. The van der Waals surface area contributed by atoms with Gasteiger partial charge in [0.2, 0.25) is 0 Å². The van der Waals surface area contributed by atoms with E-state index in [0.717, 1.165) is 49.7 Å². The Morgan fingerprint density at radius 3 is 2.47 bits per heavy atom. The van der Waals surface area contributed by atoms with Crippen molar-refractivity contribution >= 4 is 5.78 Å². The molecule has 1 aliphatic heterocycles. The number of benzene rings is 1. The van der Waals surface area contributed by atoms with Crippen molar-refractivity contribution in [2.24, 2.45) is 0 Å². The summed E-state index contributed by atoms with van der Waals surface area (Å²) < 4.78 is 6.29. The van der Waals surface area contributed by atoms with E-state index in [0.29, 0.717) is 17.7 Å². The van der Waals surface area contributed by atoms with Gasteiger partial charge in [-0.25, -0.2) is 0 Å². The molecule has 0 radical (unpaired) electrons. The summed E-state index contributed by atoms with van der Waals surface area (Å²) in [5.74, 6) is 0.854. The van der Waals surface area contributed by atoms with E-state index in [1.807, 2.05) is 20.8 Å². The summed E-state index contributed by atoms with van der Waals surface area (Å²) in [5.41, 5.74) is 4.48. The lowest BCUT2D eigenvalue weighted by atomic mass is 9.86. The predicted octanol–water partition coefficient (Wildman–Crippen LogP) is 7.54. The van der Waals surface area contributed by atoms with Crippen LogP contribution in [0.15, 0.2) is 41.5 Å². The summed E-state index contributed by atoms with van der Waals surface area (Å²) in [7, 11) is 0. The minimum atomic E-state index is -0.496. The molecule has 1 unspecified atom stereocenters. The van der Waals surface area contributed by atoms with Gasteiger partial charge in [0.05, 0.1) is 12.0 Å². The molecule has 3 nitrogen and oxygen atoms in total. The lowest BCUT2D eigenvalue weighted by Crippen LogP contribution is -2.39. The van der Waals surface area contributed by atoms with Crippen molar-refractivity contribution in [3.8, 4) is 11.5 Å². The van der Waals surface area contributed by atoms with E-state index in [9.17, 15) is 9.90 Å². The Bertz CT molecular complexity index is 853. The van der Waals surface area contributed by atoms with Crippen LogP contribution in [0.25, 0.3) is 0 Å². The molecule has 1 aromatic carbocycles. The Morgan fingerprint density at radius 2 is 1.77 bits per heavy atom. The van der Waals surface area contributed by atoms with Crippen molar-refractivity contribution in [3.63, 3.8) is 0 Å². The molecular formula is C27H38O3. The Kier molecular flexibility index (Phi) is 8.52. The first-order valence-electron chi connectivity index (χ1n) is 11.1. The average molecular weight is 411 g/mol. The molecule has 0 bridgehead atoms. The van der Waals surface area contributed by atoms with Crippen LogP contribution in [0.2, 0.25) is 0 Å². The molecule has 0 spiro atoms. The molecule has 1 atom stereocenters. The van der Waals surface area contributed by atoms with Gasteiger partial charge in [-0.2, -0.15) is 0 Å². The van der Waals surface area contributed by atoms with Crippen LogP contribution in [0.3, 0.4) is 0 Å². The maximum absolute atomic E-state index is 12.6. The number of carbonyl (C=O) groups is 1. The number of hydrogen-bond acceptors (Lipinski definition) is 3.